The first-order valence-electron chi connectivity index (χ1n) is 10.4. The van der Waals surface area contributed by atoms with E-state index in [1.54, 1.807) is 26.4 Å². The van der Waals surface area contributed by atoms with Crippen molar-refractivity contribution < 1.29 is 14.3 Å². The van der Waals surface area contributed by atoms with Gasteiger partial charge in [-0.25, -0.2) is 0 Å². The van der Waals surface area contributed by atoms with Crippen LogP contribution >= 0.6 is 11.6 Å². The molecule has 0 spiro atoms. The molecule has 1 unspecified atom stereocenters. The molecule has 1 amide bonds. The topological polar surface area (TPSA) is 56.6 Å². The molecule has 1 aliphatic rings. The van der Waals surface area contributed by atoms with Crippen LogP contribution in [0.4, 0.5) is 0 Å². The van der Waals surface area contributed by atoms with Crippen molar-refractivity contribution in [3.8, 4) is 11.5 Å². The van der Waals surface area contributed by atoms with Crippen molar-refractivity contribution in [1.29, 1.82) is 0 Å². The Morgan fingerprint density at radius 2 is 2.13 bits per heavy atom. The normalized spacial score (nSPS) is 16.4. The second-order valence-electron chi connectivity index (χ2n) is 7.50. The first kappa shape index (κ1) is 22.2. The number of amides is 1. The summed E-state index contributed by atoms with van der Waals surface area (Å²) in [6, 6.07) is 5.73. The van der Waals surface area contributed by atoms with E-state index in [1.807, 2.05) is 34.7 Å². The summed E-state index contributed by atoms with van der Waals surface area (Å²) < 4.78 is 12.7. The summed E-state index contributed by atoms with van der Waals surface area (Å²) >= 11 is 6.50. The summed E-state index contributed by atoms with van der Waals surface area (Å²) in [6.07, 6.45) is 7.34. The highest BCUT2D eigenvalue weighted by molar-refractivity contribution is 6.31. The second-order valence-corrected chi connectivity index (χ2v) is 7.86. The van der Waals surface area contributed by atoms with Crippen LogP contribution in [-0.2, 0) is 11.3 Å². The minimum atomic E-state index is -0.0351. The van der Waals surface area contributed by atoms with E-state index >= 15 is 0 Å². The lowest BCUT2D eigenvalue weighted by molar-refractivity contribution is -0.126. The summed E-state index contributed by atoms with van der Waals surface area (Å²) in [5, 5.41) is 5.09. The maximum atomic E-state index is 13.0. The van der Waals surface area contributed by atoms with Gasteiger partial charge in [0.15, 0.2) is 0 Å². The van der Waals surface area contributed by atoms with Gasteiger partial charge in [0, 0.05) is 36.4 Å². The Hall–Kier alpha value is -2.47. The number of methoxy groups -OCH3 is 2. The van der Waals surface area contributed by atoms with Crippen LogP contribution in [0.2, 0.25) is 5.15 Å². The third-order valence-corrected chi connectivity index (χ3v) is 5.96. The molecule has 0 aliphatic carbocycles. The van der Waals surface area contributed by atoms with Crippen LogP contribution in [-0.4, -0.2) is 41.4 Å². The number of likely N-dealkylation sites (tertiary alicyclic amines) is 1. The zero-order chi connectivity index (χ0) is 21.7. The molecule has 0 N–H and O–H groups in total. The van der Waals surface area contributed by atoms with Crippen molar-refractivity contribution >= 4 is 23.6 Å². The monoisotopic (exact) mass is 431 g/mol. The van der Waals surface area contributed by atoms with Crippen molar-refractivity contribution in [2.45, 2.75) is 52.1 Å². The maximum Gasteiger partial charge on any atom is 0.247 e. The number of halogens is 1. The van der Waals surface area contributed by atoms with Gasteiger partial charge >= 0.3 is 0 Å². The summed E-state index contributed by atoms with van der Waals surface area (Å²) in [7, 11) is 3.27. The molecular formula is C23H30ClN3O3. The summed E-state index contributed by atoms with van der Waals surface area (Å²) in [5.41, 5.74) is 2.63. The molecule has 1 aromatic carbocycles. The van der Waals surface area contributed by atoms with Gasteiger partial charge in [0.2, 0.25) is 5.91 Å². The van der Waals surface area contributed by atoms with Crippen molar-refractivity contribution in [2.24, 2.45) is 0 Å². The Morgan fingerprint density at radius 1 is 1.33 bits per heavy atom. The number of rotatable bonds is 8. The van der Waals surface area contributed by atoms with E-state index < -0.39 is 0 Å². The van der Waals surface area contributed by atoms with E-state index in [1.165, 1.54) is 0 Å². The summed E-state index contributed by atoms with van der Waals surface area (Å²) in [6.45, 7) is 5.54. The number of aromatic nitrogens is 2. The van der Waals surface area contributed by atoms with Crippen LogP contribution in [0.25, 0.3) is 6.08 Å². The molecule has 30 heavy (non-hydrogen) atoms. The fourth-order valence-electron chi connectivity index (χ4n) is 3.91. The van der Waals surface area contributed by atoms with Crippen LogP contribution in [0.1, 0.15) is 55.5 Å². The molecule has 0 saturated carbocycles. The molecule has 2 aromatic rings. The zero-order valence-electron chi connectivity index (χ0n) is 18.2. The van der Waals surface area contributed by atoms with Crippen molar-refractivity contribution in [2.75, 3.05) is 20.8 Å². The molecule has 1 fully saturated rings. The number of nitrogens with zero attached hydrogens (tertiary/aromatic N) is 3. The molecular weight excluding hydrogens is 402 g/mol. The third kappa shape index (κ3) is 4.64. The molecule has 162 valence electrons. The molecule has 1 aromatic heterocycles. The number of unbranched alkanes of at least 4 members (excludes halogenated alkanes) is 1. The number of benzene rings is 1. The first-order valence-corrected chi connectivity index (χ1v) is 10.8. The lowest BCUT2D eigenvalue weighted by atomic mass is 10.0. The van der Waals surface area contributed by atoms with Crippen molar-refractivity contribution in [3.63, 3.8) is 0 Å². The SMILES string of the molecule is CCCCn1nc(C)c(/C=C/C(=O)N2CCCC2c2ccc(OC)cc2OC)c1Cl. The van der Waals surface area contributed by atoms with Crippen molar-refractivity contribution in [3.05, 3.63) is 46.2 Å². The predicted molar refractivity (Wildman–Crippen MR) is 119 cm³/mol. The summed E-state index contributed by atoms with van der Waals surface area (Å²) in [4.78, 5) is 14.9. The molecule has 0 bridgehead atoms. The standard InChI is InChI=1S/C23H30ClN3O3/c1-5-6-14-27-23(24)18(16(2)25-27)11-12-22(28)26-13-7-8-20(26)19-10-9-17(29-3)15-21(19)30-4/h9-12,15,20H,5-8,13-14H2,1-4H3/b12-11+. The lowest BCUT2D eigenvalue weighted by Gasteiger charge is -2.25. The minimum absolute atomic E-state index is 0.0214. The van der Waals surface area contributed by atoms with Gasteiger partial charge in [-0.3, -0.25) is 9.48 Å². The molecule has 3 rings (SSSR count). The predicted octanol–water partition coefficient (Wildman–Crippen LogP) is 5.04. The number of carbonyl (C=O) groups is 1. The van der Waals surface area contributed by atoms with E-state index in [4.69, 9.17) is 21.1 Å². The number of ether oxygens (including phenoxy) is 2. The van der Waals surface area contributed by atoms with Gasteiger partial charge in [-0.05, 0) is 44.4 Å². The molecule has 1 saturated heterocycles. The van der Waals surface area contributed by atoms with Crippen LogP contribution in [0.5, 0.6) is 11.5 Å². The minimum Gasteiger partial charge on any atom is -0.497 e. The molecule has 2 heterocycles. The van der Waals surface area contributed by atoms with Gasteiger partial charge in [0.1, 0.15) is 16.7 Å². The van der Waals surface area contributed by atoms with Crippen LogP contribution in [0, 0.1) is 6.92 Å². The van der Waals surface area contributed by atoms with E-state index in [-0.39, 0.29) is 11.9 Å². The van der Waals surface area contributed by atoms with Crippen LogP contribution < -0.4 is 9.47 Å². The molecule has 6 nitrogen and oxygen atoms in total. The smallest absolute Gasteiger partial charge is 0.247 e. The highest BCUT2D eigenvalue weighted by atomic mass is 35.5. The lowest BCUT2D eigenvalue weighted by Crippen LogP contribution is -2.29. The zero-order valence-corrected chi connectivity index (χ0v) is 18.9. The molecule has 0 radical (unpaired) electrons. The molecule has 1 aliphatic heterocycles. The quantitative estimate of drug-likeness (QED) is 0.549. The largest absolute Gasteiger partial charge is 0.497 e. The highest BCUT2D eigenvalue weighted by Crippen LogP contribution is 2.39. The number of hydrogen-bond acceptors (Lipinski definition) is 4. The van der Waals surface area contributed by atoms with Crippen molar-refractivity contribution in [1.82, 2.24) is 14.7 Å². The first-order chi connectivity index (χ1) is 14.5. The average Bonchev–Trinajstić information content (AvgIpc) is 3.35. The van der Waals surface area contributed by atoms with Gasteiger partial charge in [-0.2, -0.15) is 5.10 Å². The van der Waals surface area contributed by atoms with E-state index in [2.05, 4.69) is 12.0 Å². The Kier molecular flexibility index (Phi) is 7.43. The number of carbonyl (C=O) groups excluding carboxylic acids is 1. The van der Waals surface area contributed by atoms with Crippen LogP contribution in [0.15, 0.2) is 24.3 Å². The maximum absolute atomic E-state index is 13.0. The average molecular weight is 432 g/mol. The highest BCUT2D eigenvalue weighted by Gasteiger charge is 2.31. The fourth-order valence-corrected chi connectivity index (χ4v) is 4.23. The van der Waals surface area contributed by atoms with Gasteiger partial charge in [0.25, 0.3) is 0 Å². The summed E-state index contributed by atoms with van der Waals surface area (Å²) in [5.74, 6) is 1.43. The van der Waals surface area contributed by atoms with E-state index in [9.17, 15) is 4.79 Å². The number of hydrogen-bond donors (Lipinski definition) is 0. The van der Waals surface area contributed by atoms with Gasteiger partial charge in [-0.1, -0.05) is 24.9 Å². The van der Waals surface area contributed by atoms with E-state index in [0.717, 1.165) is 60.5 Å². The Morgan fingerprint density at radius 3 is 2.83 bits per heavy atom. The Labute approximate surface area is 183 Å². The van der Waals surface area contributed by atoms with Gasteiger partial charge < -0.3 is 14.4 Å². The number of aryl methyl sites for hydroxylation is 2. The van der Waals surface area contributed by atoms with Gasteiger partial charge in [0.05, 0.1) is 26.0 Å². The Balaban J connectivity index is 1.79. The Bertz CT molecular complexity index is 923. The molecule has 1 atom stereocenters. The van der Waals surface area contributed by atoms with Crippen LogP contribution in [0.3, 0.4) is 0 Å². The molecule has 7 heteroatoms. The second kappa shape index (κ2) is 10.0. The third-order valence-electron chi connectivity index (χ3n) is 5.56. The van der Waals surface area contributed by atoms with Gasteiger partial charge in [-0.15, -0.1) is 0 Å². The van der Waals surface area contributed by atoms with E-state index in [0.29, 0.717) is 11.7 Å². The fraction of sp³-hybridized carbons (Fsp3) is 0.478.